The predicted octanol–water partition coefficient (Wildman–Crippen LogP) is 4.10. The molecule has 0 radical (unpaired) electrons. The molecule has 4 rings (SSSR count). The van der Waals surface area contributed by atoms with Crippen molar-refractivity contribution in [2.24, 2.45) is 0 Å². The van der Waals surface area contributed by atoms with E-state index in [9.17, 15) is 23.1 Å². The lowest BCUT2D eigenvalue weighted by Crippen LogP contribution is -2.26. The van der Waals surface area contributed by atoms with Crippen molar-refractivity contribution in [1.29, 1.82) is 0 Å². The quantitative estimate of drug-likeness (QED) is 0.422. The van der Waals surface area contributed by atoms with E-state index in [1.807, 2.05) is 20.8 Å². The van der Waals surface area contributed by atoms with E-state index in [0.717, 1.165) is 5.56 Å². The number of nitrogens with one attached hydrogen (secondary N) is 2. The van der Waals surface area contributed by atoms with Crippen LogP contribution in [0.5, 0.6) is 5.75 Å². The standard InChI is InChI=1S/C24H22N2O5S/c1-13(2)25-17-11-12-18(26-32(30,31)15-9-7-14(3)8-10-15)22-21(17)24(29)20-16(23(22)28)5-4-6-19(20)27/h4-13,25-27H,1-3H3. The summed E-state index contributed by atoms with van der Waals surface area (Å²) in [6.45, 7) is 5.60. The minimum absolute atomic E-state index is 0.00206. The highest BCUT2D eigenvalue weighted by molar-refractivity contribution is 7.92. The third-order valence-corrected chi connectivity index (χ3v) is 6.57. The molecule has 32 heavy (non-hydrogen) atoms. The number of rotatable bonds is 5. The van der Waals surface area contributed by atoms with Crippen molar-refractivity contribution in [2.45, 2.75) is 31.7 Å². The molecule has 0 atom stereocenters. The van der Waals surface area contributed by atoms with E-state index < -0.39 is 21.6 Å². The highest BCUT2D eigenvalue weighted by Gasteiger charge is 2.36. The molecule has 0 aromatic heterocycles. The topological polar surface area (TPSA) is 113 Å². The summed E-state index contributed by atoms with van der Waals surface area (Å²) in [5.41, 5.74) is 1.22. The van der Waals surface area contributed by atoms with Crippen LogP contribution in [0.4, 0.5) is 11.4 Å². The molecule has 0 bridgehead atoms. The summed E-state index contributed by atoms with van der Waals surface area (Å²) in [4.78, 5) is 26.8. The number of fused-ring (bicyclic) bond motifs is 2. The van der Waals surface area contributed by atoms with E-state index in [1.165, 1.54) is 36.4 Å². The average Bonchev–Trinajstić information content (AvgIpc) is 2.72. The minimum atomic E-state index is -4.01. The summed E-state index contributed by atoms with van der Waals surface area (Å²) in [6.07, 6.45) is 0. The van der Waals surface area contributed by atoms with E-state index in [2.05, 4.69) is 10.0 Å². The van der Waals surface area contributed by atoms with Crippen LogP contribution < -0.4 is 10.0 Å². The van der Waals surface area contributed by atoms with Gasteiger partial charge in [0.15, 0.2) is 11.6 Å². The van der Waals surface area contributed by atoms with Gasteiger partial charge in [-0.25, -0.2) is 8.42 Å². The summed E-state index contributed by atoms with van der Waals surface area (Å²) in [5.74, 6) is -1.39. The Morgan fingerprint density at radius 2 is 1.44 bits per heavy atom. The fraction of sp³-hybridized carbons (Fsp3) is 0.167. The Kier molecular flexibility index (Phi) is 5.26. The molecule has 3 N–H and O–H groups in total. The van der Waals surface area contributed by atoms with Crippen LogP contribution in [0.1, 0.15) is 51.3 Å². The number of sulfonamides is 1. The van der Waals surface area contributed by atoms with Gasteiger partial charge in [-0.1, -0.05) is 29.8 Å². The Bertz CT molecular complexity index is 1360. The molecule has 3 aromatic carbocycles. The number of benzene rings is 3. The second-order valence-corrected chi connectivity index (χ2v) is 9.67. The van der Waals surface area contributed by atoms with Gasteiger partial charge in [-0.3, -0.25) is 14.3 Å². The molecular formula is C24H22N2O5S. The van der Waals surface area contributed by atoms with Crippen molar-refractivity contribution < 1.29 is 23.1 Å². The largest absolute Gasteiger partial charge is 0.507 e. The van der Waals surface area contributed by atoms with Crippen molar-refractivity contribution in [3.05, 3.63) is 82.4 Å². The zero-order valence-corrected chi connectivity index (χ0v) is 18.6. The molecule has 0 amide bonds. The summed E-state index contributed by atoms with van der Waals surface area (Å²) in [5, 5.41) is 13.4. The first-order chi connectivity index (χ1) is 15.1. The molecule has 0 saturated carbocycles. The molecule has 7 nitrogen and oxygen atoms in total. The van der Waals surface area contributed by atoms with Gasteiger partial charge in [0.1, 0.15) is 5.75 Å². The van der Waals surface area contributed by atoms with Gasteiger partial charge in [0.25, 0.3) is 10.0 Å². The lowest BCUT2D eigenvalue weighted by molar-refractivity contribution is 0.0978. The van der Waals surface area contributed by atoms with Crippen LogP contribution in [-0.4, -0.2) is 31.1 Å². The van der Waals surface area contributed by atoms with Gasteiger partial charge in [-0.2, -0.15) is 0 Å². The first-order valence-corrected chi connectivity index (χ1v) is 11.5. The number of phenols is 1. The Balaban J connectivity index is 1.91. The van der Waals surface area contributed by atoms with E-state index in [0.29, 0.717) is 5.69 Å². The maximum Gasteiger partial charge on any atom is 0.261 e. The van der Waals surface area contributed by atoms with Crippen LogP contribution in [0, 0.1) is 6.92 Å². The molecule has 164 valence electrons. The van der Waals surface area contributed by atoms with Crippen LogP contribution in [0.15, 0.2) is 59.5 Å². The monoisotopic (exact) mass is 450 g/mol. The Labute approximate surface area is 186 Å². The molecule has 1 aliphatic rings. The number of phenolic OH excluding ortho intramolecular Hbond substituents is 1. The summed E-state index contributed by atoms with van der Waals surface area (Å²) in [7, 11) is -4.01. The smallest absolute Gasteiger partial charge is 0.261 e. The normalized spacial score (nSPS) is 13.0. The average molecular weight is 451 g/mol. The number of anilines is 2. The van der Waals surface area contributed by atoms with Gasteiger partial charge < -0.3 is 10.4 Å². The summed E-state index contributed by atoms with van der Waals surface area (Å²) < 4.78 is 28.4. The van der Waals surface area contributed by atoms with E-state index >= 15 is 0 Å². The van der Waals surface area contributed by atoms with E-state index in [-0.39, 0.29) is 44.6 Å². The van der Waals surface area contributed by atoms with Crippen molar-refractivity contribution in [2.75, 3.05) is 10.0 Å². The van der Waals surface area contributed by atoms with Crippen LogP contribution in [0.2, 0.25) is 0 Å². The minimum Gasteiger partial charge on any atom is -0.507 e. The number of hydrogen-bond acceptors (Lipinski definition) is 6. The van der Waals surface area contributed by atoms with Crippen LogP contribution in [0.25, 0.3) is 0 Å². The molecule has 0 fully saturated rings. The van der Waals surface area contributed by atoms with Crippen molar-refractivity contribution in [3.63, 3.8) is 0 Å². The van der Waals surface area contributed by atoms with Crippen molar-refractivity contribution in [1.82, 2.24) is 0 Å². The molecular weight excluding hydrogens is 428 g/mol. The molecule has 0 spiro atoms. The molecule has 0 unspecified atom stereocenters. The zero-order valence-electron chi connectivity index (χ0n) is 17.8. The molecule has 0 saturated heterocycles. The fourth-order valence-electron chi connectivity index (χ4n) is 3.74. The Morgan fingerprint density at radius 3 is 2.09 bits per heavy atom. The number of ketones is 2. The number of hydrogen-bond donors (Lipinski definition) is 3. The van der Waals surface area contributed by atoms with Crippen molar-refractivity contribution in [3.8, 4) is 5.75 Å². The number of carbonyl (C=O) groups is 2. The molecule has 0 heterocycles. The maximum absolute atomic E-state index is 13.4. The molecule has 3 aromatic rings. The number of carbonyl (C=O) groups excluding carboxylic acids is 2. The third-order valence-electron chi connectivity index (χ3n) is 5.19. The SMILES string of the molecule is Cc1ccc(S(=O)(=O)Nc2ccc(NC(C)C)c3c2C(=O)c2cccc(O)c2C3=O)cc1. The Hall–Kier alpha value is -3.65. The second kappa shape index (κ2) is 7.80. The fourth-order valence-corrected chi connectivity index (χ4v) is 4.81. The van der Waals surface area contributed by atoms with E-state index in [4.69, 9.17) is 0 Å². The van der Waals surface area contributed by atoms with Gasteiger partial charge >= 0.3 is 0 Å². The van der Waals surface area contributed by atoms with E-state index in [1.54, 1.807) is 18.2 Å². The van der Waals surface area contributed by atoms with Crippen molar-refractivity contribution >= 4 is 33.0 Å². The lowest BCUT2D eigenvalue weighted by Gasteiger charge is -2.25. The van der Waals surface area contributed by atoms with Crippen LogP contribution >= 0.6 is 0 Å². The molecule has 1 aliphatic carbocycles. The van der Waals surface area contributed by atoms with Gasteiger partial charge in [-0.15, -0.1) is 0 Å². The van der Waals surface area contributed by atoms with Gasteiger partial charge in [0.05, 0.1) is 27.3 Å². The molecule has 0 aliphatic heterocycles. The van der Waals surface area contributed by atoms with Gasteiger partial charge in [0, 0.05) is 17.3 Å². The first kappa shape index (κ1) is 21.6. The highest BCUT2D eigenvalue weighted by Crippen LogP contribution is 2.40. The number of aromatic hydroxyl groups is 1. The van der Waals surface area contributed by atoms with Crippen LogP contribution in [0.3, 0.4) is 0 Å². The highest BCUT2D eigenvalue weighted by atomic mass is 32.2. The summed E-state index contributed by atoms with van der Waals surface area (Å²) >= 11 is 0. The van der Waals surface area contributed by atoms with Gasteiger partial charge in [-0.05, 0) is 51.1 Å². The predicted molar refractivity (Wildman–Crippen MR) is 122 cm³/mol. The third kappa shape index (κ3) is 3.62. The lowest BCUT2D eigenvalue weighted by atomic mass is 9.82. The second-order valence-electron chi connectivity index (χ2n) is 7.99. The van der Waals surface area contributed by atoms with Crippen LogP contribution in [-0.2, 0) is 10.0 Å². The zero-order chi connectivity index (χ0) is 23.2. The Morgan fingerprint density at radius 1 is 0.812 bits per heavy atom. The maximum atomic E-state index is 13.4. The first-order valence-electron chi connectivity index (χ1n) is 10.0. The number of aryl methyl sites for hydroxylation is 1. The summed E-state index contributed by atoms with van der Waals surface area (Å²) in [6, 6.07) is 13.5. The van der Waals surface area contributed by atoms with Gasteiger partial charge in [0.2, 0.25) is 0 Å². The molecule has 8 heteroatoms.